The van der Waals surface area contributed by atoms with Crippen molar-refractivity contribution >= 4 is 11.9 Å². The number of unbranched alkanes of at least 4 members (excludes halogenated alkanes) is 18. The molecule has 250 valence electrons. The van der Waals surface area contributed by atoms with Crippen molar-refractivity contribution < 1.29 is 19.4 Å². The molecular formula is C39H70O4. The van der Waals surface area contributed by atoms with Crippen LogP contribution in [0.15, 0.2) is 36.5 Å². The minimum Gasteiger partial charge on any atom is -0.481 e. The lowest BCUT2D eigenvalue weighted by molar-refractivity contribution is -0.150. The molecule has 1 atom stereocenters. The predicted molar refractivity (Wildman–Crippen MR) is 186 cm³/mol. The van der Waals surface area contributed by atoms with E-state index in [1.54, 1.807) is 0 Å². The molecule has 0 aromatic carbocycles. The summed E-state index contributed by atoms with van der Waals surface area (Å²) in [5.74, 6) is -0.673. The summed E-state index contributed by atoms with van der Waals surface area (Å²) in [5, 5.41) is 8.70. The highest BCUT2D eigenvalue weighted by Gasteiger charge is 2.14. The highest BCUT2D eigenvalue weighted by Crippen LogP contribution is 2.18. The third kappa shape index (κ3) is 34.5. The number of carbonyl (C=O) groups excluding carboxylic acids is 1. The maximum Gasteiger partial charge on any atom is 0.306 e. The van der Waals surface area contributed by atoms with Gasteiger partial charge in [-0.3, -0.25) is 9.59 Å². The predicted octanol–water partition coefficient (Wildman–Crippen LogP) is 12.6. The number of esters is 1. The largest absolute Gasteiger partial charge is 0.481 e. The topological polar surface area (TPSA) is 63.6 Å². The van der Waals surface area contributed by atoms with Gasteiger partial charge in [0.05, 0.1) is 0 Å². The molecule has 4 heteroatoms. The number of rotatable bonds is 33. The van der Waals surface area contributed by atoms with E-state index in [1.807, 2.05) is 0 Å². The molecule has 0 aliphatic carbocycles. The molecule has 0 aliphatic heterocycles. The number of carbonyl (C=O) groups is 2. The molecule has 4 nitrogen and oxygen atoms in total. The summed E-state index contributed by atoms with van der Waals surface area (Å²) in [6.45, 7) is 4.39. The van der Waals surface area contributed by atoms with Crippen molar-refractivity contribution in [2.75, 3.05) is 0 Å². The van der Waals surface area contributed by atoms with E-state index in [2.05, 4.69) is 50.3 Å². The van der Waals surface area contributed by atoms with Gasteiger partial charge in [-0.25, -0.2) is 0 Å². The van der Waals surface area contributed by atoms with Crippen LogP contribution >= 0.6 is 0 Å². The molecule has 0 heterocycles. The lowest BCUT2D eigenvalue weighted by Gasteiger charge is -2.18. The van der Waals surface area contributed by atoms with Crippen LogP contribution in [0.1, 0.15) is 194 Å². The van der Waals surface area contributed by atoms with E-state index in [0.717, 1.165) is 77.0 Å². The summed E-state index contributed by atoms with van der Waals surface area (Å²) in [5.41, 5.74) is 0. The molecule has 0 rings (SSSR count). The highest BCUT2D eigenvalue weighted by atomic mass is 16.5. The van der Waals surface area contributed by atoms with Gasteiger partial charge < -0.3 is 9.84 Å². The first-order valence-corrected chi connectivity index (χ1v) is 18.5. The Morgan fingerprint density at radius 1 is 0.535 bits per heavy atom. The van der Waals surface area contributed by atoms with E-state index in [-0.39, 0.29) is 12.1 Å². The van der Waals surface area contributed by atoms with Gasteiger partial charge in [0.2, 0.25) is 0 Å². The monoisotopic (exact) mass is 603 g/mol. The molecule has 0 amide bonds. The molecule has 0 aliphatic rings. The summed E-state index contributed by atoms with van der Waals surface area (Å²) >= 11 is 0. The van der Waals surface area contributed by atoms with Crippen LogP contribution in [-0.2, 0) is 14.3 Å². The minimum atomic E-state index is -0.684. The second kappa shape index (κ2) is 34.6. The van der Waals surface area contributed by atoms with Crippen molar-refractivity contribution in [1.29, 1.82) is 0 Å². The molecular weight excluding hydrogens is 532 g/mol. The Bertz CT molecular complexity index is 693. The van der Waals surface area contributed by atoms with Crippen LogP contribution in [0.2, 0.25) is 0 Å². The van der Waals surface area contributed by atoms with Crippen molar-refractivity contribution in [3.63, 3.8) is 0 Å². The fourth-order valence-corrected chi connectivity index (χ4v) is 5.43. The molecule has 0 saturated carbocycles. The van der Waals surface area contributed by atoms with Crippen LogP contribution in [0.4, 0.5) is 0 Å². The summed E-state index contributed by atoms with van der Waals surface area (Å²) < 4.78 is 5.93. The molecule has 43 heavy (non-hydrogen) atoms. The second-order valence-corrected chi connectivity index (χ2v) is 12.4. The van der Waals surface area contributed by atoms with Crippen LogP contribution in [0.25, 0.3) is 0 Å². The number of carboxylic acids is 1. The Morgan fingerprint density at radius 3 is 1.51 bits per heavy atom. The Hall–Kier alpha value is -1.84. The van der Waals surface area contributed by atoms with Crippen molar-refractivity contribution in [2.24, 2.45) is 0 Å². The zero-order valence-corrected chi connectivity index (χ0v) is 28.5. The van der Waals surface area contributed by atoms with Gasteiger partial charge in [-0.15, -0.1) is 0 Å². The Morgan fingerprint density at radius 2 is 0.977 bits per heavy atom. The molecule has 0 fully saturated rings. The molecule has 1 unspecified atom stereocenters. The molecule has 0 radical (unpaired) electrons. The van der Waals surface area contributed by atoms with Crippen molar-refractivity contribution in [3.8, 4) is 0 Å². The summed E-state index contributed by atoms with van der Waals surface area (Å²) in [4.78, 5) is 23.1. The summed E-state index contributed by atoms with van der Waals surface area (Å²) in [6.07, 6.45) is 44.8. The Balaban J connectivity index is 3.72. The van der Waals surface area contributed by atoms with E-state index in [4.69, 9.17) is 9.84 Å². The number of hydrogen-bond acceptors (Lipinski definition) is 3. The molecule has 1 N–H and O–H groups in total. The number of aliphatic carboxylic acids is 1. The molecule has 0 spiro atoms. The van der Waals surface area contributed by atoms with E-state index >= 15 is 0 Å². The van der Waals surface area contributed by atoms with Crippen LogP contribution in [0, 0.1) is 0 Å². The molecule has 0 aromatic heterocycles. The smallest absolute Gasteiger partial charge is 0.306 e. The van der Waals surface area contributed by atoms with E-state index in [1.165, 1.54) is 89.9 Å². The van der Waals surface area contributed by atoms with Gasteiger partial charge in [0.15, 0.2) is 0 Å². The first kappa shape index (κ1) is 41.2. The van der Waals surface area contributed by atoms with Gasteiger partial charge in [0, 0.05) is 12.8 Å². The van der Waals surface area contributed by atoms with Gasteiger partial charge in [0.25, 0.3) is 0 Å². The van der Waals surface area contributed by atoms with Gasteiger partial charge in [0.1, 0.15) is 6.10 Å². The van der Waals surface area contributed by atoms with Crippen LogP contribution in [0.5, 0.6) is 0 Å². The normalized spacial score (nSPS) is 12.6. The maximum absolute atomic E-state index is 12.5. The summed E-state index contributed by atoms with van der Waals surface area (Å²) in [7, 11) is 0. The summed E-state index contributed by atoms with van der Waals surface area (Å²) in [6, 6.07) is 0. The number of carboxylic acid groups (broad SMARTS) is 1. The first-order valence-electron chi connectivity index (χ1n) is 18.5. The standard InChI is InChI=1S/C39H70O4/c1-3-5-7-8-9-10-11-12-13-14-15-16-17-18-19-20-25-28-32-36-39(42)43-37(33-29-6-4-2)34-30-26-23-21-22-24-27-31-35-38(40)41/h5,7,9-10,12-13,37H,3-4,6,8,11,14-36H2,1-2H3,(H,40,41)/b7-5-,10-9-,13-12-. The average Bonchev–Trinajstić information content (AvgIpc) is 2.99. The van der Waals surface area contributed by atoms with E-state index in [9.17, 15) is 9.59 Å². The third-order valence-corrected chi connectivity index (χ3v) is 8.13. The highest BCUT2D eigenvalue weighted by molar-refractivity contribution is 5.69. The first-order chi connectivity index (χ1) is 21.1. The Kier molecular flexibility index (Phi) is 33.2. The number of allylic oxidation sites excluding steroid dienone is 6. The van der Waals surface area contributed by atoms with Crippen LogP contribution < -0.4 is 0 Å². The van der Waals surface area contributed by atoms with Gasteiger partial charge in [-0.1, -0.05) is 147 Å². The van der Waals surface area contributed by atoms with Crippen molar-refractivity contribution in [1.82, 2.24) is 0 Å². The fraction of sp³-hybridized carbons (Fsp3) is 0.795. The number of ether oxygens (including phenoxy) is 1. The minimum absolute atomic E-state index is 0.0112. The molecule has 0 saturated heterocycles. The van der Waals surface area contributed by atoms with Crippen molar-refractivity contribution in [2.45, 2.75) is 200 Å². The van der Waals surface area contributed by atoms with E-state index < -0.39 is 5.97 Å². The molecule has 0 aromatic rings. The Labute approximate surface area is 267 Å². The van der Waals surface area contributed by atoms with Crippen LogP contribution in [0.3, 0.4) is 0 Å². The third-order valence-electron chi connectivity index (χ3n) is 8.13. The van der Waals surface area contributed by atoms with Crippen molar-refractivity contribution in [3.05, 3.63) is 36.5 Å². The van der Waals surface area contributed by atoms with E-state index in [0.29, 0.717) is 12.8 Å². The fourth-order valence-electron chi connectivity index (χ4n) is 5.43. The second-order valence-electron chi connectivity index (χ2n) is 12.4. The zero-order chi connectivity index (χ0) is 31.5. The number of hydrogen-bond donors (Lipinski definition) is 1. The lowest BCUT2D eigenvalue weighted by Crippen LogP contribution is -2.18. The van der Waals surface area contributed by atoms with Gasteiger partial charge in [-0.05, 0) is 70.6 Å². The zero-order valence-electron chi connectivity index (χ0n) is 28.5. The quantitative estimate of drug-likeness (QED) is 0.0461. The average molecular weight is 603 g/mol. The molecule has 0 bridgehead atoms. The van der Waals surface area contributed by atoms with Crippen LogP contribution in [-0.4, -0.2) is 23.1 Å². The lowest BCUT2D eigenvalue weighted by atomic mass is 10.0. The van der Waals surface area contributed by atoms with Gasteiger partial charge >= 0.3 is 11.9 Å². The van der Waals surface area contributed by atoms with Gasteiger partial charge in [-0.2, -0.15) is 0 Å². The maximum atomic E-state index is 12.5. The SMILES string of the molecule is CC/C=C\C/C=C\C/C=C\CCCCCCCCCCCC(=O)OC(CCCCC)CCCCCCCCCCC(=O)O.